The van der Waals surface area contributed by atoms with Crippen LogP contribution in [0, 0.1) is 3.57 Å². The van der Waals surface area contributed by atoms with Crippen molar-refractivity contribution in [2.45, 2.75) is 24.9 Å². The van der Waals surface area contributed by atoms with E-state index in [-0.39, 0.29) is 0 Å². The van der Waals surface area contributed by atoms with Gasteiger partial charge in [0, 0.05) is 16.5 Å². The molecule has 0 aromatic heterocycles. The number of piperidine rings is 1. The van der Waals surface area contributed by atoms with Crippen molar-refractivity contribution < 1.29 is 4.39 Å². The number of hydrogen-bond donors (Lipinski definition) is 1. The molecule has 3 heteroatoms. The molecular weight excluding hydrogens is 304 g/mol. The molecule has 1 atom stereocenters. The lowest BCUT2D eigenvalue weighted by molar-refractivity contribution is 0.122. The third-order valence-corrected chi connectivity index (χ3v) is 3.57. The second-order valence-electron chi connectivity index (χ2n) is 4.23. The molecule has 0 saturated carbocycles. The molecule has 0 bridgehead atoms. The Kier molecular flexibility index (Phi) is 3.61. The number of rotatable bonds is 2. The summed E-state index contributed by atoms with van der Waals surface area (Å²) < 4.78 is 15.5. The minimum atomic E-state index is -1.04. The molecular formula is C12H15FIN. The van der Waals surface area contributed by atoms with Crippen molar-refractivity contribution in [3.8, 4) is 0 Å². The van der Waals surface area contributed by atoms with E-state index in [4.69, 9.17) is 0 Å². The molecule has 1 aromatic carbocycles. The number of alkyl halides is 1. The summed E-state index contributed by atoms with van der Waals surface area (Å²) in [5.41, 5.74) is 0.0621. The van der Waals surface area contributed by atoms with Gasteiger partial charge in [-0.3, -0.25) is 0 Å². The molecule has 0 spiro atoms. The fourth-order valence-corrected chi connectivity index (χ4v) is 2.41. The van der Waals surface area contributed by atoms with Crippen LogP contribution in [0.3, 0.4) is 0 Å². The molecule has 82 valence electrons. The lowest BCUT2D eigenvalue weighted by Gasteiger charge is -2.30. The predicted octanol–water partition coefficient (Wildman–Crippen LogP) is 2.93. The van der Waals surface area contributed by atoms with E-state index < -0.39 is 5.67 Å². The summed E-state index contributed by atoms with van der Waals surface area (Å²) in [5, 5.41) is 3.13. The maximum atomic E-state index is 14.3. The summed E-state index contributed by atoms with van der Waals surface area (Å²) in [6, 6.07) is 8.13. The molecule has 1 saturated heterocycles. The molecule has 15 heavy (non-hydrogen) atoms. The first kappa shape index (κ1) is 11.3. The second-order valence-corrected chi connectivity index (χ2v) is 5.48. The normalized spacial score (nSPS) is 26.5. The number of benzene rings is 1. The van der Waals surface area contributed by atoms with Crippen molar-refractivity contribution >= 4 is 22.6 Å². The molecule has 1 aliphatic heterocycles. The molecule has 1 nitrogen and oxygen atoms in total. The number of nitrogens with one attached hydrogen (secondary N) is 1. The zero-order valence-electron chi connectivity index (χ0n) is 8.60. The Morgan fingerprint density at radius 3 is 2.67 bits per heavy atom. The molecule has 1 aliphatic rings. The van der Waals surface area contributed by atoms with E-state index in [0.29, 0.717) is 19.4 Å². The first-order valence-corrected chi connectivity index (χ1v) is 6.40. The molecule has 1 N–H and O–H groups in total. The van der Waals surface area contributed by atoms with Crippen molar-refractivity contribution in [3.05, 3.63) is 33.4 Å². The Hall–Kier alpha value is -0.160. The van der Waals surface area contributed by atoms with Crippen molar-refractivity contribution in [3.63, 3.8) is 0 Å². The lowest BCUT2D eigenvalue weighted by atomic mass is 9.89. The fourth-order valence-electron chi connectivity index (χ4n) is 2.05. The summed E-state index contributed by atoms with van der Waals surface area (Å²) in [6.45, 7) is 1.46. The zero-order chi connectivity index (χ0) is 10.7. The Bertz CT molecular complexity index is 317. The van der Waals surface area contributed by atoms with Gasteiger partial charge in [0.2, 0.25) is 0 Å². The van der Waals surface area contributed by atoms with Gasteiger partial charge in [-0.2, -0.15) is 0 Å². The topological polar surface area (TPSA) is 12.0 Å². The first-order valence-electron chi connectivity index (χ1n) is 5.32. The van der Waals surface area contributed by atoms with Crippen LogP contribution in [0.1, 0.15) is 18.4 Å². The fraction of sp³-hybridized carbons (Fsp3) is 0.500. The van der Waals surface area contributed by atoms with E-state index in [1.165, 1.54) is 3.57 Å². The number of hydrogen-bond acceptors (Lipinski definition) is 1. The molecule has 0 radical (unpaired) electrons. The molecule has 1 fully saturated rings. The van der Waals surface area contributed by atoms with Gasteiger partial charge in [-0.15, -0.1) is 0 Å². The molecule has 1 aromatic rings. The van der Waals surface area contributed by atoms with E-state index in [1.54, 1.807) is 0 Å². The molecule has 0 aliphatic carbocycles. The quantitative estimate of drug-likeness (QED) is 0.827. The highest BCUT2D eigenvalue weighted by molar-refractivity contribution is 14.1. The van der Waals surface area contributed by atoms with Gasteiger partial charge in [0.1, 0.15) is 5.67 Å². The van der Waals surface area contributed by atoms with Crippen molar-refractivity contribution in [2.75, 3.05) is 13.1 Å². The van der Waals surface area contributed by atoms with Crippen molar-refractivity contribution in [2.24, 2.45) is 0 Å². The van der Waals surface area contributed by atoms with Crippen molar-refractivity contribution in [1.82, 2.24) is 5.32 Å². The predicted molar refractivity (Wildman–Crippen MR) is 68.8 cm³/mol. The van der Waals surface area contributed by atoms with E-state index in [0.717, 1.165) is 18.5 Å². The summed E-state index contributed by atoms with van der Waals surface area (Å²) in [6.07, 6.45) is 2.17. The highest BCUT2D eigenvalue weighted by atomic mass is 127. The molecule has 0 amide bonds. The Labute approximate surface area is 104 Å². The van der Waals surface area contributed by atoms with Gasteiger partial charge < -0.3 is 5.32 Å². The maximum absolute atomic E-state index is 14.3. The van der Waals surface area contributed by atoms with Gasteiger partial charge >= 0.3 is 0 Å². The first-order chi connectivity index (χ1) is 7.18. The Morgan fingerprint density at radius 2 is 2.07 bits per heavy atom. The van der Waals surface area contributed by atoms with Gasteiger partial charge in [-0.25, -0.2) is 4.39 Å². The summed E-state index contributed by atoms with van der Waals surface area (Å²) in [5.74, 6) is 0. The van der Waals surface area contributed by atoms with Crippen LogP contribution in [-0.4, -0.2) is 18.8 Å². The van der Waals surface area contributed by atoms with E-state index in [1.807, 2.05) is 24.3 Å². The summed E-state index contributed by atoms with van der Waals surface area (Å²) in [4.78, 5) is 0. The van der Waals surface area contributed by atoms with Gasteiger partial charge in [0.25, 0.3) is 0 Å². The minimum Gasteiger partial charge on any atom is -0.314 e. The van der Waals surface area contributed by atoms with Crippen LogP contribution in [0.25, 0.3) is 0 Å². The Morgan fingerprint density at radius 1 is 1.33 bits per heavy atom. The molecule has 1 heterocycles. The van der Waals surface area contributed by atoms with Gasteiger partial charge in [0.15, 0.2) is 0 Å². The summed E-state index contributed by atoms with van der Waals surface area (Å²) in [7, 11) is 0. The molecule has 2 rings (SSSR count). The van der Waals surface area contributed by atoms with E-state index in [9.17, 15) is 4.39 Å². The largest absolute Gasteiger partial charge is 0.314 e. The average molecular weight is 319 g/mol. The number of halogens is 2. The highest BCUT2D eigenvalue weighted by Gasteiger charge is 2.31. The van der Waals surface area contributed by atoms with Crippen LogP contribution in [0.4, 0.5) is 4.39 Å². The second kappa shape index (κ2) is 4.78. The molecule has 1 unspecified atom stereocenters. The van der Waals surface area contributed by atoms with Crippen LogP contribution >= 0.6 is 22.6 Å². The SMILES string of the molecule is FC1(Cc2ccc(I)cc2)CCCNC1. The van der Waals surface area contributed by atoms with Crippen LogP contribution in [0.5, 0.6) is 0 Å². The zero-order valence-corrected chi connectivity index (χ0v) is 10.8. The van der Waals surface area contributed by atoms with Crippen LogP contribution < -0.4 is 5.32 Å². The highest BCUT2D eigenvalue weighted by Crippen LogP contribution is 2.25. The van der Waals surface area contributed by atoms with Gasteiger partial charge in [0.05, 0.1) is 0 Å². The average Bonchev–Trinajstić information content (AvgIpc) is 2.22. The summed E-state index contributed by atoms with van der Waals surface area (Å²) >= 11 is 2.26. The van der Waals surface area contributed by atoms with E-state index >= 15 is 0 Å². The Balaban J connectivity index is 2.03. The van der Waals surface area contributed by atoms with Gasteiger partial charge in [-0.1, -0.05) is 12.1 Å². The minimum absolute atomic E-state index is 0.499. The van der Waals surface area contributed by atoms with E-state index in [2.05, 4.69) is 27.9 Å². The van der Waals surface area contributed by atoms with Crippen LogP contribution in [-0.2, 0) is 6.42 Å². The standard InChI is InChI=1S/C12H15FIN/c13-12(6-1-7-15-9-12)8-10-2-4-11(14)5-3-10/h2-5,15H,1,6-9H2. The lowest BCUT2D eigenvalue weighted by Crippen LogP contribution is -2.43. The monoisotopic (exact) mass is 319 g/mol. The third kappa shape index (κ3) is 3.14. The smallest absolute Gasteiger partial charge is 0.127 e. The van der Waals surface area contributed by atoms with Crippen LogP contribution in [0.2, 0.25) is 0 Å². The third-order valence-electron chi connectivity index (χ3n) is 2.85. The maximum Gasteiger partial charge on any atom is 0.127 e. The van der Waals surface area contributed by atoms with Gasteiger partial charge in [-0.05, 0) is 59.7 Å². The van der Waals surface area contributed by atoms with Crippen molar-refractivity contribution in [1.29, 1.82) is 0 Å². The van der Waals surface area contributed by atoms with Crippen LogP contribution in [0.15, 0.2) is 24.3 Å².